The van der Waals surface area contributed by atoms with Crippen LogP contribution in [-0.2, 0) is 14.8 Å². The molecule has 1 amide bonds. The second-order valence-corrected chi connectivity index (χ2v) is 8.23. The van der Waals surface area contributed by atoms with Crippen LogP contribution >= 0.6 is 0 Å². The van der Waals surface area contributed by atoms with Gasteiger partial charge in [0.1, 0.15) is 0 Å². The van der Waals surface area contributed by atoms with E-state index in [0.29, 0.717) is 12.2 Å². The molecule has 1 fully saturated rings. The smallest absolute Gasteiger partial charge is 0.243 e. The number of nitrogens with zero attached hydrogens (tertiary/aromatic N) is 1. The van der Waals surface area contributed by atoms with E-state index in [2.05, 4.69) is 5.32 Å². The highest BCUT2D eigenvalue weighted by Crippen LogP contribution is 2.37. The summed E-state index contributed by atoms with van der Waals surface area (Å²) in [7, 11) is -3.58. The molecule has 1 heterocycles. The fraction of sp³-hybridized carbons (Fsp3) is 0.316. The van der Waals surface area contributed by atoms with Gasteiger partial charge in [-0.3, -0.25) is 4.79 Å². The molecular formula is C19H22N2O3S. The minimum absolute atomic E-state index is 0.124. The summed E-state index contributed by atoms with van der Waals surface area (Å²) in [6.45, 7) is 3.96. The highest BCUT2D eigenvalue weighted by Gasteiger charge is 2.36. The number of rotatable bonds is 4. The van der Waals surface area contributed by atoms with Gasteiger partial charge in [0.15, 0.2) is 0 Å². The van der Waals surface area contributed by atoms with Gasteiger partial charge in [-0.15, -0.1) is 0 Å². The van der Waals surface area contributed by atoms with E-state index in [4.69, 9.17) is 0 Å². The van der Waals surface area contributed by atoms with E-state index in [9.17, 15) is 13.2 Å². The second-order valence-electron chi connectivity index (χ2n) is 6.34. The Bertz CT molecular complexity index is 876. The molecule has 1 N–H and O–H groups in total. The highest BCUT2D eigenvalue weighted by atomic mass is 32.2. The maximum atomic E-state index is 13.1. The Hall–Kier alpha value is -2.18. The summed E-state index contributed by atoms with van der Waals surface area (Å²) < 4.78 is 27.8. The maximum Gasteiger partial charge on any atom is 0.243 e. The molecule has 2 aromatic rings. The monoisotopic (exact) mass is 358 g/mol. The average molecular weight is 358 g/mol. The summed E-state index contributed by atoms with van der Waals surface area (Å²) in [5.74, 6) is -0.185. The van der Waals surface area contributed by atoms with Crippen molar-refractivity contribution in [2.45, 2.75) is 37.6 Å². The molecule has 1 aliphatic heterocycles. The quantitative estimate of drug-likeness (QED) is 0.910. The number of anilines is 1. The van der Waals surface area contributed by atoms with Crippen LogP contribution < -0.4 is 5.32 Å². The van der Waals surface area contributed by atoms with Crippen molar-refractivity contribution in [2.24, 2.45) is 0 Å². The standard InChI is InChI=1S/C19H22N2O3S/c1-14-6-3-4-7-18(14)19-8-5-13-21(19)25(23,24)17-11-9-16(10-12-17)20-15(2)22/h3-4,6-7,9-12,19H,5,8,13H2,1-2H3,(H,20,22). The fourth-order valence-electron chi connectivity index (χ4n) is 3.35. The van der Waals surface area contributed by atoms with Crippen LogP contribution in [0.15, 0.2) is 53.4 Å². The lowest BCUT2D eigenvalue weighted by atomic mass is 10.0. The van der Waals surface area contributed by atoms with Crippen LogP contribution in [0.3, 0.4) is 0 Å². The molecule has 5 nitrogen and oxygen atoms in total. The minimum atomic E-state index is -3.58. The molecule has 1 saturated heterocycles. The maximum absolute atomic E-state index is 13.1. The summed E-state index contributed by atoms with van der Waals surface area (Å²) in [5.41, 5.74) is 2.76. The van der Waals surface area contributed by atoms with Gasteiger partial charge in [0.2, 0.25) is 15.9 Å². The third kappa shape index (κ3) is 3.60. The van der Waals surface area contributed by atoms with E-state index in [0.717, 1.165) is 24.0 Å². The summed E-state index contributed by atoms with van der Waals surface area (Å²) in [6.07, 6.45) is 1.68. The molecule has 0 aromatic heterocycles. The molecule has 0 saturated carbocycles. The lowest BCUT2D eigenvalue weighted by Gasteiger charge is -2.25. The van der Waals surface area contributed by atoms with Gasteiger partial charge < -0.3 is 5.32 Å². The summed E-state index contributed by atoms with van der Waals surface area (Å²) in [5, 5.41) is 2.65. The van der Waals surface area contributed by atoms with Crippen LogP contribution in [0.4, 0.5) is 5.69 Å². The molecule has 3 rings (SSSR count). The molecule has 2 aromatic carbocycles. The second kappa shape index (κ2) is 6.98. The molecule has 1 atom stereocenters. The first-order valence-corrected chi connectivity index (χ1v) is 9.78. The van der Waals surface area contributed by atoms with Crippen molar-refractivity contribution in [3.05, 3.63) is 59.7 Å². The Balaban J connectivity index is 1.91. The Kier molecular flexibility index (Phi) is 4.92. The molecule has 0 aliphatic carbocycles. The number of amides is 1. The molecule has 132 valence electrons. The van der Waals surface area contributed by atoms with Gasteiger partial charge in [-0.25, -0.2) is 8.42 Å². The van der Waals surface area contributed by atoms with Gasteiger partial charge in [-0.2, -0.15) is 4.31 Å². The van der Waals surface area contributed by atoms with Gasteiger partial charge in [0.05, 0.1) is 10.9 Å². The summed E-state index contributed by atoms with van der Waals surface area (Å²) in [6, 6.07) is 14.2. The number of hydrogen-bond donors (Lipinski definition) is 1. The molecule has 0 spiro atoms. The zero-order valence-corrected chi connectivity index (χ0v) is 15.2. The fourth-order valence-corrected chi connectivity index (χ4v) is 5.02. The molecule has 0 bridgehead atoms. The van der Waals surface area contributed by atoms with E-state index >= 15 is 0 Å². The highest BCUT2D eigenvalue weighted by molar-refractivity contribution is 7.89. The first kappa shape index (κ1) is 17.6. The van der Waals surface area contributed by atoms with Gasteiger partial charge in [0, 0.05) is 19.2 Å². The Morgan fingerprint density at radius 2 is 1.80 bits per heavy atom. The number of nitrogens with one attached hydrogen (secondary N) is 1. The Morgan fingerprint density at radius 1 is 1.12 bits per heavy atom. The zero-order valence-electron chi connectivity index (χ0n) is 14.4. The number of carbonyl (C=O) groups is 1. The molecular weight excluding hydrogens is 336 g/mol. The number of aryl methyl sites for hydroxylation is 1. The third-order valence-electron chi connectivity index (χ3n) is 4.53. The lowest BCUT2D eigenvalue weighted by molar-refractivity contribution is -0.114. The van der Waals surface area contributed by atoms with Crippen molar-refractivity contribution in [2.75, 3.05) is 11.9 Å². The summed E-state index contributed by atoms with van der Waals surface area (Å²) in [4.78, 5) is 11.4. The zero-order chi connectivity index (χ0) is 18.0. The van der Waals surface area contributed by atoms with Crippen LogP contribution in [0, 0.1) is 6.92 Å². The van der Waals surface area contributed by atoms with Crippen molar-refractivity contribution in [3.8, 4) is 0 Å². The van der Waals surface area contributed by atoms with Crippen LogP contribution in [0.2, 0.25) is 0 Å². The van der Waals surface area contributed by atoms with Crippen molar-refractivity contribution in [3.63, 3.8) is 0 Å². The van der Waals surface area contributed by atoms with E-state index in [1.165, 1.54) is 6.92 Å². The topological polar surface area (TPSA) is 66.5 Å². The number of sulfonamides is 1. The van der Waals surface area contributed by atoms with Gasteiger partial charge >= 0.3 is 0 Å². The SMILES string of the molecule is CC(=O)Nc1ccc(S(=O)(=O)N2CCCC2c2ccccc2C)cc1. The normalized spacial score (nSPS) is 18.2. The molecule has 1 aliphatic rings. The van der Waals surface area contributed by atoms with E-state index in [-0.39, 0.29) is 16.8 Å². The Labute approximate surface area is 148 Å². The molecule has 6 heteroatoms. The van der Waals surface area contributed by atoms with Crippen molar-refractivity contribution < 1.29 is 13.2 Å². The van der Waals surface area contributed by atoms with Gasteiger partial charge in [-0.1, -0.05) is 24.3 Å². The summed E-state index contributed by atoms with van der Waals surface area (Å²) >= 11 is 0. The van der Waals surface area contributed by atoms with E-state index in [1.807, 2.05) is 31.2 Å². The van der Waals surface area contributed by atoms with E-state index in [1.54, 1.807) is 28.6 Å². The molecule has 0 radical (unpaired) electrons. The molecule has 1 unspecified atom stereocenters. The van der Waals surface area contributed by atoms with E-state index < -0.39 is 10.0 Å². The number of benzene rings is 2. The molecule has 25 heavy (non-hydrogen) atoms. The van der Waals surface area contributed by atoms with Crippen LogP contribution in [-0.4, -0.2) is 25.2 Å². The lowest BCUT2D eigenvalue weighted by Crippen LogP contribution is -2.31. The largest absolute Gasteiger partial charge is 0.326 e. The third-order valence-corrected chi connectivity index (χ3v) is 6.45. The predicted molar refractivity (Wildman–Crippen MR) is 97.8 cm³/mol. The first-order valence-electron chi connectivity index (χ1n) is 8.34. The van der Waals surface area contributed by atoms with Crippen LogP contribution in [0.25, 0.3) is 0 Å². The average Bonchev–Trinajstić information content (AvgIpc) is 3.05. The Morgan fingerprint density at radius 3 is 2.44 bits per heavy atom. The first-order chi connectivity index (χ1) is 11.9. The van der Waals surface area contributed by atoms with Crippen molar-refractivity contribution in [1.29, 1.82) is 0 Å². The number of carbonyl (C=O) groups excluding carboxylic acids is 1. The van der Waals surface area contributed by atoms with Crippen LogP contribution in [0.5, 0.6) is 0 Å². The van der Waals surface area contributed by atoms with Gasteiger partial charge in [0.25, 0.3) is 0 Å². The van der Waals surface area contributed by atoms with Crippen molar-refractivity contribution >= 4 is 21.6 Å². The number of hydrogen-bond acceptors (Lipinski definition) is 3. The van der Waals surface area contributed by atoms with Crippen molar-refractivity contribution in [1.82, 2.24) is 4.31 Å². The van der Waals surface area contributed by atoms with Crippen LogP contribution in [0.1, 0.15) is 36.9 Å². The predicted octanol–water partition coefficient (Wildman–Crippen LogP) is 3.48. The van der Waals surface area contributed by atoms with Gasteiger partial charge in [-0.05, 0) is 55.2 Å². The minimum Gasteiger partial charge on any atom is -0.326 e.